The van der Waals surface area contributed by atoms with E-state index >= 15 is 0 Å². The predicted molar refractivity (Wildman–Crippen MR) is 75.8 cm³/mol. The third-order valence-corrected chi connectivity index (χ3v) is 3.46. The molecule has 0 atom stereocenters. The van der Waals surface area contributed by atoms with Gasteiger partial charge in [-0.25, -0.2) is 0 Å². The lowest BCUT2D eigenvalue weighted by atomic mass is 10.2. The molecule has 0 unspecified atom stereocenters. The molecule has 1 nitrogen and oxygen atoms in total. The summed E-state index contributed by atoms with van der Waals surface area (Å²) in [6, 6.07) is 20.7. The minimum absolute atomic E-state index is 0.560. The molecule has 2 heteroatoms. The fourth-order valence-corrected chi connectivity index (χ4v) is 2.52. The van der Waals surface area contributed by atoms with Gasteiger partial charge < -0.3 is 5.73 Å². The number of nitrogens with two attached hydrogens (primary N) is 1. The molecule has 0 radical (unpaired) electrons. The molecule has 0 fully saturated rings. The van der Waals surface area contributed by atoms with Crippen LogP contribution >= 0.6 is 11.8 Å². The van der Waals surface area contributed by atoms with Gasteiger partial charge in [0.1, 0.15) is 0 Å². The van der Waals surface area contributed by atoms with Crippen LogP contribution in [0, 0.1) is 0 Å². The molecule has 0 saturated carbocycles. The summed E-state index contributed by atoms with van der Waals surface area (Å²) in [4.78, 5) is 2.44. The Bertz CT molecular complexity index is 477. The van der Waals surface area contributed by atoms with Gasteiger partial charge in [-0.05, 0) is 17.7 Å². The van der Waals surface area contributed by atoms with Gasteiger partial charge in [0, 0.05) is 16.3 Å². The molecular formula is C15H15NS. The highest BCUT2D eigenvalue weighted by Gasteiger charge is 2.02. The Morgan fingerprint density at radius 3 is 2.12 bits per heavy atom. The smallest absolute Gasteiger partial charge is 0.0167 e. The predicted octanol–water partition coefficient (Wildman–Crippen LogP) is 3.78. The number of thioether (sulfide) groups is 1. The van der Waals surface area contributed by atoms with E-state index in [1.165, 1.54) is 15.4 Å². The number of benzene rings is 2. The van der Waals surface area contributed by atoms with Gasteiger partial charge in [-0.1, -0.05) is 66.4 Å². The quantitative estimate of drug-likeness (QED) is 0.824. The molecule has 0 amide bonds. The molecule has 2 aromatic carbocycles. The van der Waals surface area contributed by atoms with Crippen LogP contribution in [0.1, 0.15) is 5.56 Å². The van der Waals surface area contributed by atoms with Gasteiger partial charge in [-0.2, -0.15) is 0 Å². The van der Waals surface area contributed by atoms with Crippen LogP contribution in [0.15, 0.2) is 71.6 Å². The monoisotopic (exact) mass is 241 g/mol. The van der Waals surface area contributed by atoms with E-state index in [1.54, 1.807) is 11.8 Å². The van der Waals surface area contributed by atoms with E-state index < -0.39 is 0 Å². The molecule has 2 rings (SSSR count). The van der Waals surface area contributed by atoms with Crippen LogP contribution in [-0.4, -0.2) is 6.54 Å². The van der Waals surface area contributed by atoms with Crippen LogP contribution in [0.4, 0.5) is 0 Å². The normalized spacial score (nSPS) is 11.5. The highest BCUT2D eigenvalue weighted by atomic mass is 32.2. The first-order valence-electron chi connectivity index (χ1n) is 5.58. The van der Waals surface area contributed by atoms with Crippen molar-refractivity contribution >= 4 is 16.7 Å². The molecule has 2 N–H and O–H groups in total. The second-order valence-corrected chi connectivity index (χ2v) is 4.70. The van der Waals surface area contributed by atoms with Crippen molar-refractivity contribution < 1.29 is 0 Å². The zero-order valence-corrected chi connectivity index (χ0v) is 10.4. The minimum atomic E-state index is 0.560. The molecule has 17 heavy (non-hydrogen) atoms. The Labute approximate surface area is 106 Å². The molecule has 0 aliphatic heterocycles. The van der Waals surface area contributed by atoms with E-state index in [0.29, 0.717) is 6.54 Å². The Morgan fingerprint density at radius 1 is 0.941 bits per heavy atom. The molecule has 0 heterocycles. The highest BCUT2D eigenvalue weighted by Crippen LogP contribution is 2.33. The standard InChI is InChI=1S/C15H15NS/c16-12-11-15(13-7-3-1-4-8-13)17-14-9-5-2-6-10-14/h1-11H,12,16H2. The summed E-state index contributed by atoms with van der Waals surface area (Å²) in [5, 5.41) is 0. The zero-order chi connectivity index (χ0) is 11.9. The maximum atomic E-state index is 5.63. The largest absolute Gasteiger partial charge is 0.327 e. The number of rotatable bonds is 4. The van der Waals surface area contributed by atoms with Crippen molar-refractivity contribution in [2.45, 2.75) is 4.90 Å². The Morgan fingerprint density at radius 2 is 1.53 bits per heavy atom. The van der Waals surface area contributed by atoms with Crippen LogP contribution in [0.3, 0.4) is 0 Å². The van der Waals surface area contributed by atoms with Crippen LogP contribution in [0.25, 0.3) is 4.91 Å². The Balaban J connectivity index is 2.23. The summed E-state index contributed by atoms with van der Waals surface area (Å²) in [5.41, 5.74) is 6.85. The molecule has 0 aromatic heterocycles. The topological polar surface area (TPSA) is 26.0 Å². The second-order valence-electron chi connectivity index (χ2n) is 3.59. The third-order valence-electron chi connectivity index (χ3n) is 2.33. The maximum absolute atomic E-state index is 5.63. The first-order chi connectivity index (χ1) is 8.40. The van der Waals surface area contributed by atoms with Gasteiger partial charge in [0.25, 0.3) is 0 Å². The molecule has 0 saturated heterocycles. The lowest BCUT2D eigenvalue weighted by Gasteiger charge is -2.07. The van der Waals surface area contributed by atoms with Crippen LogP contribution in [0.2, 0.25) is 0 Å². The fraction of sp³-hybridized carbons (Fsp3) is 0.0667. The Hall–Kier alpha value is -1.51. The van der Waals surface area contributed by atoms with E-state index in [0.717, 1.165) is 0 Å². The van der Waals surface area contributed by atoms with Crippen molar-refractivity contribution in [3.63, 3.8) is 0 Å². The van der Waals surface area contributed by atoms with Crippen LogP contribution in [-0.2, 0) is 0 Å². The number of hydrogen-bond donors (Lipinski definition) is 1. The zero-order valence-electron chi connectivity index (χ0n) is 9.54. The number of hydrogen-bond acceptors (Lipinski definition) is 2. The van der Waals surface area contributed by atoms with Gasteiger partial charge in [-0.15, -0.1) is 0 Å². The van der Waals surface area contributed by atoms with Crippen molar-refractivity contribution in [3.8, 4) is 0 Å². The van der Waals surface area contributed by atoms with E-state index in [1.807, 2.05) is 36.4 Å². The van der Waals surface area contributed by atoms with Crippen molar-refractivity contribution in [2.24, 2.45) is 5.73 Å². The average molecular weight is 241 g/mol. The summed E-state index contributed by atoms with van der Waals surface area (Å²) in [6.07, 6.45) is 2.06. The summed E-state index contributed by atoms with van der Waals surface area (Å²) < 4.78 is 0. The summed E-state index contributed by atoms with van der Waals surface area (Å²) >= 11 is 1.75. The molecule has 0 bridgehead atoms. The van der Waals surface area contributed by atoms with E-state index in [-0.39, 0.29) is 0 Å². The lowest BCUT2D eigenvalue weighted by molar-refractivity contribution is 1.26. The summed E-state index contributed by atoms with van der Waals surface area (Å²) in [7, 11) is 0. The average Bonchev–Trinajstić information content (AvgIpc) is 2.40. The molecule has 0 aliphatic rings. The summed E-state index contributed by atoms with van der Waals surface area (Å²) in [6.45, 7) is 0.560. The molecule has 0 aliphatic carbocycles. The molecule has 2 aromatic rings. The van der Waals surface area contributed by atoms with Crippen molar-refractivity contribution in [1.29, 1.82) is 0 Å². The van der Waals surface area contributed by atoms with Gasteiger partial charge in [0.15, 0.2) is 0 Å². The van der Waals surface area contributed by atoms with Crippen LogP contribution in [0.5, 0.6) is 0 Å². The molecular weight excluding hydrogens is 226 g/mol. The van der Waals surface area contributed by atoms with Crippen LogP contribution < -0.4 is 5.73 Å². The SMILES string of the molecule is NCC=C(Sc1ccccc1)c1ccccc1. The summed E-state index contributed by atoms with van der Waals surface area (Å²) in [5.74, 6) is 0. The lowest BCUT2D eigenvalue weighted by Crippen LogP contribution is -1.94. The maximum Gasteiger partial charge on any atom is 0.0167 e. The van der Waals surface area contributed by atoms with Gasteiger partial charge in [-0.3, -0.25) is 0 Å². The van der Waals surface area contributed by atoms with E-state index in [2.05, 4.69) is 30.3 Å². The minimum Gasteiger partial charge on any atom is -0.327 e. The molecule has 0 spiro atoms. The van der Waals surface area contributed by atoms with Crippen molar-refractivity contribution in [2.75, 3.05) is 6.54 Å². The highest BCUT2D eigenvalue weighted by molar-refractivity contribution is 8.08. The second kappa shape index (κ2) is 6.28. The van der Waals surface area contributed by atoms with Gasteiger partial charge in [0.2, 0.25) is 0 Å². The fourth-order valence-electron chi connectivity index (χ4n) is 1.54. The molecule has 86 valence electrons. The van der Waals surface area contributed by atoms with Crippen molar-refractivity contribution in [3.05, 3.63) is 72.3 Å². The first kappa shape index (κ1) is 12.0. The third kappa shape index (κ3) is 3.48. The van der Waals surface area contributed by atoms with Gasteiger partial charge in [0.05, 0.1) is 0 Å². The van der Waals surface area contributed by atoms with E-state index in [4.69, 9.17) is 5.73 Å². The van der Waals surface area contributed by atoms with Gasteiger partial charge >= 0.3 is 0 Å². The first-order valence-corrected chi connectivity index (χ1v) is 6.40. The van der Waals surface area contributed by atoms with E-state index in [9.17, 15) is 0 Å². The van der Waals surface area contributed by atoms with Crippen molar-refractivity contribution in [1.82, 2.24) is 0 Å². The Kier molecular flexibility index (Phi) is 4.42.